The molecule has 6 heteroatoms. The maximum absolute atomic E-state index is 11.5. The van der Waals surface area contributed by atoms with E-state index in [0.717, 1.165) is 4.90 Å². The molecule has 0 aromatic heterocycles. The molecule has 0 radical (unpaired) electrons. The van der Waals surface area contributed by atoms with Gasteiger partial charge in [0.05, 0.1) is 17.4 Å². The van der Waals surface area contributed by atoms with Gasteiger partial charge in [-0.05, 0) is 19.1 Å². The van der Waals surface area contributed by atoms with Crippen molar-refractivity contribution >= 4 is 35.2 Å². The summed E-state index contributed by atoms with van der Waals surface area (Å²) in [5.74, 6) is -0.454. The van der Waals surface area contributed by atoms with Crippen LogP contribution in [0.3, 0.4) is 0 Å². The lowest BCUT2D eigenvalue weighted by molar-refractivity contribution is -0.143. The van der Waals surface area contributed by atoms with Gasteiger partial charge in [0.25, 0.3) is 0 Å². The van der Waals surface area contributed by atoms with Crippen molar-refractivity contribution in [1.29, 1.82) is 0 Å². The monoisotopic (exact) mass is 287 g/mol. The van der Waals surface area contributed by atoms with Gasteiger partial charge >= 0.3 is 5.97 Å². The van der Waals surface area contributed by atoms with Gasteiger partial charge in [-0.1, -0.05) is 23.7 Å². The van der Waals surface area contributed by atoms with Gasteiger partial charge in [0.15, 0.2) is 0 Å². The van der Waals surface area contributed by atoms with Crippen molar-refractivity contribution in [2.75, 3.05) is 18.9 Å². The highest BCUT2D eigenvalue weighted by Gasteiger charge is 2.07. The number of hydrogen-bond acceptors (Lipinski definition) is 4. The number of thioether (sulfide) groups is 1. The first-order valence-electron chi connectivity index (χ1n) is 5.43. The molecule has 1 aromatic rings. The Morgan fingerprint density at radius 3 is 2.78 bits per heavy atom. The molecular formula is C12H14ClNO3S. The van der Waals surface area contributed by atoms with Gasteiger partial charge in [0.1, 0.15) is 6.54 Å². The summed E-state index contributed by atoms with van der Waals surface area (Å²) in [4.78, 5) is 23.3. The van der Waals surface area contributed by atoms with E-state index in [1.54, 1.807) is 13.0 Å². The van der Waals surface area contributed by atoms with Crippen molar-refractivity contribution in [3.8, 4) is 0 Å². The summed E-state index contributed by atoms with van der Waals surface area (Å²) >= 11 is 7.27. The van der Waals surface area contributed by atoms with E-state index in [1.165, 1.54) is 11.8 Å². The highest BCUT2D eigenvalue weighted by Crippen LogP contribution is 2.26. The van der Waals surface area contributed by atoms with E-state index in [0.29, 0.717) is 11.6 Å². The molecule has 0 heterocycles. The minimum absolute atomic E-state index is 0.101. The van der Waals surface area contributed by atoms with Crippen LogP contribution in [-0.4, -0.2) is 30.8 Å². The summed E-state index contributed by atoms with van der Waals surface area (Å²) < 4.78 is 4.69. The topological polar surface area (TPSA) is 55.4 Å². The number of nitrogens with one attached hydrogen (secondary N) is 1. The average molecular weight is 288 g/mol. The maximum atomic E-state index is 11.5. The summed E-state index contributed by atoms with van der Waals surface area (Å²) in [7, 11) is 0. The summed E-state index contributed by atoms with van der Waals surface area (Å²) in [6.45, 7) is 1.92. The summed E-state index contributed by atoms with van der Waals surface area (Å²) in [6.07, 6.45) is 0. The number of rotatable bonds is 6. The third-order valence-corrected chi connectivity index (χ3v) is 3.45. The number of amides is 1. The number of benzene rings is 1. The zero-order chi connectivity index (χ0) is 13.4. The second-order valence-corrected chi connectivity index (χ2v) is 4.73. The molecule has 18 heavy (non-hydrogen) atoms. The maximum Gasteiger partial charge on any atom is 0.325 e. The van der Waals surface area contributed by atoms with Crippen LogP contribution in [-0.2, 0) is 14.3 Å². The molecule has 0 bridgehead atoms. The number of halogens is 1. The third kappa shape index (κ3) is 5.42. The number of ether oxygens (including phenoxy) is 1. The van der Waals surface area contributed by atoms with E-state index in [-0.39, 0.29) is 18.2 Å². The van der Waals surface area contributed by atoms with Crippen molar-refractivity contribution in [3.63, 3.8) is 0 Å². The molecular weight excluding hydrogens is 274 g/mol. The minimum Gasteiger partial charge on any atom is -0.465 e. The Morgan fingerprint density at radius 2 is 2.11 bits per heavy atom. The number of esters is 1. The molecule has 0 spiro atoms. The lowest BCUT2D eigenvalue weighted by atomic mass is 10.4. The summed E-state index contributed by atoms with van der Waals surface area (Å²) in [5, 5.41) is 3.09. The molecule has 0 aliphatic carbocycles. The van der Waals surface area contributed by atoms with Crippen LogP contribution in [0.2, 0.25) is 5.02 Å². The Labute approximate surface area is 115 Å². The highest BCUT2D eigenvalue weighted by molar-refractivity contribution is 8.00. The van der Waals surface area contributed by atoms with Crippen LogP contribution in [0.25, 0.3) is 0 Å². The lowest BCUT2D eigenvalue weighted by Gasteiger charge is -2.05. The minimum atomic E-state index is -0.436. The largest absolute Gasteiger partial charge is 0.465 e. The van der Waals surface area contributed by atoms with Crippen molar-refractivity contribution in [1.82, 2.24) is 5.32 Å². The normalized spacial score (nSPS) is 9.89. The molecule has 4 nitrogen and oxygen atoms in total. The Balaban J connectivity index is 2.29. The van der Waals surface area contributed by atoms with Crippen LogP contribution in [0, 0.1) is 0 Å². The number of carbonyl (C=O) groups is 2. The SMILES string of the molecule is CCOC(=O)CNC(=O)CSc1ccccc1Cl. The molecule has 0 atom stereocenters. The molecule has 1 N–H and O–H groups in total. The molecule has 1 rings (SSSR count). The third-order valence-electron chi connectivity index (χ3n) is 1.93. The molecule has 0 aliphatic rings. The zero-order valence-corrected chi connectivity index (χ0v) is 11.5. The smallest absolute Gasteiger partial charge is 0.325 e. The van der Waals surface area contributed by atoms with Crippen molar-refractivity contribution in [2.45, 2.75) is 11.8 Å². The fourth-order valence-corrected chi connectivity index (χ4v) is 2.21. The first-order chi connectivity index (χ1) is 8.63. The van der Waals surface area contributed by atoms with E-state index >= 15 is 0 Å². The summed E-state index contributed by atoms with van der Waals surface area (Å²) in [5.41, 5.74) is 0. The molecule has 98 valence electrons. The first-order valence-corrected chi connectivity index (χ1v) is 6.79. The van der Waals surface area contributed by atoms with Crippen LogP contribution >= 0.6 is 23.4 Å². The number of hydrogen-bond donors (Lipinski definition) is 1. The zero-order valence-electron chi connectivity index (χ0n) is 9.94. The predicted molar refractivity (Wildman–Crippen MR) is 71.8 cm³/mol. The Bertz CT molecular complexity index is 426. The van der Waals surface area contributed by atoms with Gasteiger partial charge in [-0.25, -0.2) is 0 Å². The van der Waals surface area contributed by atoms with Crippen LogP contribution in [0.15, 0.2) is 29.2 Å². The molecule has 0 saturated carbocycles. The Morgan fingerprint density at radius 1 is 1.39 bits per heavy atom. The average Bonchev–Trinajstić information content (AvgIpc) is 2.36. The second-order valence-electron chi connectivity index (χ2n) is 3.30. The lowest BCUT2D eigenvalue weighted by Crippen LogP contribution is -2.31. The molecule has 0 unspecified atom stereocenters. The molecule has 0 saturated heterocycles. The van der Waals surface area contributed by atoms with Crippen LogP contribution < -0.4 is 5.32 Å². The van der Waals surface area contributed by atoms with Gasteiger partial charge in [0, 0.05) is 4.90 Å². The number of carbonyl (C=O) groups excluding carboxylic acids is 2. The van der Waals surface area contributed by atoms with Gasteiger partial charge in [-0.2, -0.15) is 0 Å². The van der Waals surface area contributed by atoms with Gasteiger partial charge in [0.2, 0.25) is 5.91 Å². The van der Waals surface area contributed by atoms with Crippen molar-refractivity contribution < 1.29 is 14.3 Å². The van der Waals surface area contributed by atoms with Crippen LogP contribution in [0.1, 0.15) is 6.92 Å². The van der Waals surface area contributed by atoms with E-state index in [9.17, 15) is 9.59 Å². The molecule has 0 aliphatic heterocycles. The van der Waals surface area contributed by atoms with Gasteiger partial charge in [-0.15, -0.1) is 11.8 Å². The van der Waals surface area contributed by atoms with E-state index in [1.807, 2.05) is 18.2 Å². The van der Waals surface area contributed by atoms with Crippen LogP contribution in [0.4, 0.5) is 0 Å². The fraction of sp³-hybridized carbons (Fsp3) is 0.333. The van der Waals surface area contributed by atoms with Gasteiger partial charge in [-0.3, -0.25) is 9.59 Å². The van der Waals surface area contributed by atoms with Crippen LogP contribution in [0.5, 0.6) is 0 Å². The standard InChI is InChI=1S/C12H14ClNO3S/c1-2-17-12(16)7-14-11(15)8-18-10-6-4-3-5-9(10)13/h3-6H,2,7-8H2,1H3,(H,14,15). The predicted octanol–water partition coefficient (Wildman–Crippen LogP) is 2.11. The van der Waals surface area contributed by atoms with E-state index < -0.39 is 5.97 Å². The Kier molecular flexibility index (Phi) is 6.60. The summed E-state index contributed by atoms with van der Waals surface area (Å²) in [6, 6.07) is 7.28. The molecule has 0 fully saturated rings. The van der Waals surface area contributed by atoms with Crippen molar-refractivity contribution in [2.24, 2.45) is 0 Å². The second kappa shape index (κ2) is 8.00. The Hall–Kier alpha value is -1.20. The van der Waals surface area contributed by atoms with Crippen molar-refractivity contribution in [3.05, 3.63) is 29.3 Å². The first kappa shape index (κ1) is 14.9. The molecule has 1 amide bonds. The van der Waals surface area contributed by atoms with E-state index in [4.69, 9.17) is 16.3 Å². The highest BCUT2D eigenvalue weighted by atomic mass is 35.5. The van der Waals surface area contributed by atoms with Gasteiger partial charge < -0.3 is 10.1 Å². The fourth-order valence-electron chi connectivity index (χ4n) is 1.14. The molecule has 1 aromatic carbocycles. The van der Waals surface area contributed by atoms with E-state index in [2.05, 4.69) is 5.32 Å². The quantitative estimate of drug-likeness (QED) is 0.643.